The summed E-state index contributed by atoms with van der Waals surface area (Å²) in [6.07, 6.45) is 7.16. The van der Waals surface area contributed by atoms with Crippen LogP contribution in [0.25, 0.3) is 0 Å². The van der Waals surface area contributed by atoms with Crippen LogP contribution in [-0.4, -0.2) is 56.3 Å². The van der Waals surface area contributed by atoms with E-state index in [2.05, 4.69) is 4.98 Å². The van der Waals surface area contributed by atoms with E-state index in [9.17, 15) is 14.0 Å². The number of imidazole rings is 1. The minimum Gasteiger partial charge on any atom is -0.340 e. The number of aryl methyl sites for hydroxylation is 1. The molecule has 0 unspecified atom stereocenters. The molecular formula is C22H27FN4O2. The Morgan fingerprint density at radius 1 is 1.17 bits per heavy atom. The number of aromatic nitrogens is 2. The zero-order valence-corrected chi connectivity index (χ0v) is 16.9. The minimum absolute atomic E-state index is 0.00966. The smallest absolute Gasteiger partial charge is 0.274 e. The van der Waals surface area contributed by atoms with Gasteiger partial charge in [0.05, 0.1) is 18.4 Å². The molecular weight excluding hydrogens is 371 g/mol. The fourth-order valence-electron chi connectivity index (χ4n) is 4.93. The van der Waals surface area contributed by atoms with E-state index >= 15 is 0 Å². The monoisotopic (exact) mass is 398 g/mol. The predicted molar refractivity (Wildman–Crippen MR) is 107 cm³/mol. The number of carbonyl (C=O) groups excluding carboxylic acids is 2. The standard InChI is InChI=1S/C22H27FN4O2/c1-15(28)26-10-5-3-4-9-20-21(26)18(16-7-6-8-17(23)11-16)12-27(20)22(29)19-13-25(2)14-24-19/h6-8,11,13-14,18,20-21H,3-5,9-10,12H2,1-2H3/t18-,20+,21-/m0/s1. The van der Waals surface area contributed by atoms with E-state index in [0.717, 1.165) is 31.2 Å². The zero-order valence-electron chi connectivity index (χ0n) is 16.9. The van der Waals surface area contributed by atoms with Crippen molar-refractivity contribution < 1.29 is 14.0 Å². The maximum Gasteiger partial charge on any atom is 0.274 e. The lowest BCUT2D eigenvalue weighted by Crippen LogP contribution is -2.51. The molecule has 2 aromatic rings. The first kappa shape index (κ1) is 19.6. The fraction of sp³-hybridized carbons (Fsp3) is 0.500. The van der Waals surface area contributed by atoms with Gasteiger partial charge in [-0.25, -0.2) is 9.37 Å². The van der Waals surface area contributed by atoms with E-state index in [4.69, 9.17) is 0 Å². The number of carbonyl (C=O) groups is 2. The number of amides is 2. The lowest BCUT2D eigenvalue weighted by molar-refractivity contribution is -0.132. The number of benzene rings is 1. The van der Waals surface area contributed by atoms with Crippen molar-refractivity contribution in [2.45, 2.75) is 50.6 Å². The summed E-state index contributed by atoms with van der Waals surface area (Å²) in [6, 6.07) is 6.31. The molecule has 0 bridgehead atoms. The van der Waals surface area contributed by atoms with E-state index in [1.165, 1.54) is 12.1 Å². The largest absolute Gasteiger partial charge is 0.340 e. The fourth-order valence-corrected chi connectivity index (χ4v) is 4.93. The maximum absolute atomic E-state index is 14.0. The number of hydrogen-bond acceptors (Lipinski definition) is 3. The number of rotatable bonds is 2. The lowest BCUT2D eigenvalue weighted by Gasteiger charge is -2.38. The summed E-state index contributed by atoms with van der Waals surface area (Å²) >= 11 is 0. The van der Waals surface area contributed by atoms with E-state index in [1.54, 1.807) is 30.1 Å². The summed E-state index contributed by atoms with van der Waals surface area (Å²) in [5.74, 6) is -0.529. The number of likely N-dealkylation sites (tertiary alicyclic amines) is 2. The second-order valence-corrected chi connectivity index (χ2v) is 8.16. The van der Waals surface area contributed by atoms with Crippen molar-refractivity contribution in [2.24, 2.45) is 7.05 Å². The molecule has 29 heavy (non-hydrogen) atoms. The van der Waals surface area contributed by atoms with Gasteiger partial charge in [0.2, 0.25) is 5.91 Å². The summed E-state index contributed by atoms with van der Waals surface area (Å²) in [6.45, 7) is 2.72. The van der Waals surface area contributed by atoms with Crippen LogP contribution < -0.4 is 0 Å². The number of fused-ring (bicyclic) bond motifs is 1. The predicted octanol–water partition coefficient (Wildman–Crippen LogP) is 2.96. The van der Waals surface area contributed by atoms with Gasteiger partial charge in [-0.3, -0.25) is 9.59 Å². The van der Waals surface area contributed by atoms with Gasteiger partial charge < -0.3 is 14.4 Å². The van der Waals surface area contributed by atoms with Gasteiger partial charge in [-0.05, 0) is 30.5 Å². The van der Waals surface area contributed by atoms with Gasteiger partial charge in [0.1, 0.15) is 11.5 Å². The highest BCUT2D eigenvalue weighted by Crippen LogP contribution is 2.40. The average Bonchev–Trinajstić information content (AvgIpc) is 3.25. The summed E-state index contributed by atoms with van der Waals surface area (Å²) < 4.78 is 15.8. The third kappa shape index (κ3) is 3.78. The summed E-state index contributed by atoms with van der Waals surface area (Å²) in [7, 11) is 1.83. The summed E-state index contributed by atoms with van der Waals surface area (Å²) in [5.41, 5.74) is 1.24. The second kappa shape index (κ2) is 7.97. The highest BCUT2D eigenvalue weighted by Gasteiger charge is 2.48. The summed E-state index contributed by atoms with van der Waals surface area (Å²) in [4.78, 5) is 33.8. The molecule has 6 nitrogen and oxygen atoms in total. The van der Waals surface area contributed by atoms with Gasteiger partial charge >= 0.3 is 0 Å². The van der Waals surface area contributed by atoms with Crippen LogP contribution >= 0.6 is 0 Å². The molecule has 2 saturated heterocycles. The van der Waals surface area contributed by atoms with E-state index < -0.39 is 0 Å². The van der Waals surface area contributed by atoms with Gasteiger partial charge in [-0.1, -0.05) is 25.0 Å². The van der Waals surface area contributed by atoms with Gasteiger partial charge in [0.25, 0.3) is 5.91 Å². The minimum atomic E-state index is -0.297. The van der Waals surface area contributed by atoms with Crippen molar-refractivity contribution >= 4 is 11.8 Å². The topological polar surface area (TPSA) is 58.4 Å². The highest BCUT2D eigenvalue weighted by atomic mass is 19.1. The Morgan fingerprint density at radius 2 is 2.00 bits per heavy atom. The molecule has 2 aliphatic heterocycles. The van der Waals surface area contributed by atoms with Gasteiger partial charge in [0, 0.05) is 39.2 Å². The number of halogens is 1. The van der Waals surface area contributed by atoms with Crippen LogP contribution in [0.5, 0.6) is 0 Å². The Hall–Kier alpha value is -2.70. The first-order valence-electron chi connectivity index (χ1n) is 10.3. The van der Waals surface area contributed by atoms with E-state index in [-0.39, 0.29) is 35.6 Å². The van der Waals surface area contributed by atoms with Crippen molar-refractivity contribution in [1.29, 1.82) is 0 Å². The molecule has 2 fully saturated rings. The lowest BCUT2D eigenvalue weighted by atomic mass is 9.86. The van der Waals surface area contributed by atoms with Crippen molar-refractivity contribution in [3.05, 3.63) is 53.9 Å². The third-order valence-corrected chi connectivity index (χ3v) is 6.23. The molecule has 2 aliphatic rings. The molecule has 0 N–H and O–H groups in total. The van der Waals surface area contributed by atoms with Crippen LogP contribution in [0.3, 0.4) is 0 Å². The first-order valence-corrected chi connectivity index (χ1v) is 10.3. The molecule has 3 atom stereocenters. The van der Waals surface area contributed by atoms with Crippen molar-refractivity contribution in [2.75, 3.05) is 13.1 Å². The molecule has 3 heterocycles. The van der Waals surface area contributed by atoms with E-state index in [0.29, 0.717) is 18.8 Å². The Kier molecular flexibility index (Phi) is 5.39. The Bertz CT molecular complexity index is 912. The molecule has 2 amide bonds. The zero-order chi connectivity index (χ0) is 20.5. The van der Waals surface area contributed by atoms with Gasteiger partial charge in [0.15, 0.2) is 0 Å². The van der Waals surface area contributed by atoms with Gasteiger partial charge in [-0.2, -0.15) is 0 Å². The van der Waals surface area contributed by atoms with Crippen LogP contribution in [0.1, 0.15) is 54.6 Å². The van der Waals surface area contributed by atoms with Crippen LogP contribution in [0.15, 0.2) is 36.8 Å². The van der Waals surface area contributed by atoms with Crippen molar-refractivity contribution in [1.82, 2.24) is 19.4 Å². The first-order chi connectivity index (χ1) is 14.0. The Morgan fingerprint density at radius 3 is 2.69 bits per heavy atom. The molecule has 0 aliphatic carbocycles. The second-order valence-electron chi connectivity index (χ2n) is 8.16. The normalized spacial score (nSPS) is 24.7. The maximum atomic E-state index is 14.0. The summed E-state index contributed by atoms with van der Waals surface area (Å²) in [5, 5.41) is 0. The van der Waals surface area contributed by atoms with Crippen LogP contribution in [0.4, 0.5) is 4.39 Å². The van der Waals surface area contributed by atoms with Crippen molar-refractivity contribution in [3.8, 4) is 0 Å². The highest BCUT2D eigenvalue weighted by molar-refractivity contribution is 5.93. The Labute approximate surface area is 170 Å². The van der Waals surface area contributed by atoms with Crippen molar-refractivity contribution in [3.63, 3.8) is 0 Å². The van der Waals surface area contributed by atoms with Crippen LogP contribution in [0, 0.1) is 5.82 Å². The molecule has 0 radical (unpaired) electrons. The van der Waals surface area contributed by atoms with Gasteiger partial charge in [-0.15, -0.1) is 0 Å². The van der Waals surface area contributed by atoms with Crippen LogP contribution in [-0.2, 0) is 11.8 Å². The molecule has 1 aromatic heterocycles. The number of hydrogen-bond donors (Lipinski definition) is 0. The molecule has 7 heteroatoms. The Balaban J connectivity index is 1.75. The molecule has 0 spiro atoms. The SMILES string of the molecule is CC(=O)N1CCCCC[C@@H]2[C@@H]1[C@H](c1cccc(F)c1)CN2C(=O)c1cn(C)cn1. The van der Waals surface area contributed by atoms with Crippen LogP contribution in [0.2, 0.25) is 0 Å². The molecule has 154 valence electrons. The quantitative estimate of drug-likeness (QED) is 0.782. The van der Waals surface area contributed by atoms with E-state index in [1.807, 2.05) is 22.9 Å². The average molecular weight is 398 g/mol. The third-order valence-electron chi connectivity index (χ3n) is 6.23. The molecule has 0 saturated carbocycles. The molecule has 1 aromatic carbocycles. The molecule has 4 rings (SSSR count). The number of nitrogens with zero attached hydrogens (tertiary/aromatic N) is 4.